The minimum atomic E-state index is 0.319. The lowest BCUT2D eigenvalue weighted by Gasteiger charge is -1.98. The normalized spacial score (nSPS) is 12.9. The van der Waals surface area contributed by atoms with Crippen LogP contribution in [0.5, 0.6) is 0 Å². The first kappa shape index (κ1) is 11.1. The first-order valence-corrected chi connectivity index (χ1v) is 6.19. The molecule has 16 heavy (non-hydrogen) atoms. The standard InChI is InChI=1S/C11H15N3OS/c1-4-6(2)10-13-11(15-14-10)9-8(12)7(3)5-16-9/h5-6H,4,12H2,1-3H3. The third-order valence-electron chi connectivity index (χ3n) is 2.71. The molecule has 1 atom stereocenters. The first-order chi connectivity index (χ1) is 7.63. The van der Waals surface area contributed by atoms with Crippen molar-refractivity contribution in [1.82, 2.24) is 10.1 Å². The topological polar surface area (TPSA) is 64.9 Å². The Hall–Kier alpha value is -1.36. The van der Waals surface area contributed by atoms with Crippen LogP contribution in [0.2, 0.25) is 0 Å². The summed E-state index contributed by atoms with van der Waals surface area (Å²) in [5, 5.41) is 5.98. The van der Waals surface area contributed by atoms with E-state index in [1.165, 1.54) is 0 Å². The Morgan fingerprint density at radius 2 is 2.31 bits per heavy atom. The van der Waals surface area contributed by atoms with Crippen molar-refractivity contribution in [2.45, 2.75) is 33.1 Å². The number of hydrogen-bond donors (Lipinski definition) is 1. The number of aryl methyl sites for hydroxylation is 1. The quantitative estimate of drug-likeness (QED) is 0.890. The van der Waals surface area contributed by atoms with Gasteiger partial charge in [-0.25, -0.2) is 0 Å². The Morgan fingerprint density at radius 3 is 2.88 bits per heavy atom. The van der Waals surface area contributed by atoms with Crippen LogP contribution in [0.25, 0.3) is 10.8 Å². The van der Waals surface area contributed by atoms with E-state index in [0.717, 1.165) is 28.4 Å². The molecule has 2 N–H and O–H groups in total. The summed E-state index contributed by atoms with van der Waals surface area (Å²) in [5.74, 6) is 1.61. The van der Waals surface area contributed by atoms with E-state index in [0.29, 0.717) is 11.8 Å². The number of nitrogen functional groups attached to an aromatic ring is 1. The highest BCUT2D eigenvalue weighted by atomic mass is 32.1. The van der Waals surface area contributed by atoms with Gasteiger partial charge in [0.2, 0.25) is 0 Å². The van der Waals surface area contributed by atoms with E-state index in [2.05, 4.69) is 24.0 Å². The SMILES string of the molecule is CCC(C)c1noc(-c2scc(C)c2N)n1. The second kappa shape index (κ2) is 4.25. The maximum Gasteiger partial charge on any atom is 0.270 e. The minimum absolute atomic E-state index is 0.319. The van der Waals surface area contributed by atoms with Gasteiger partial charge in [-0.1, -0.05) is 19.0 Å². The molecule has 0 spiro atoms. The Bertz CT molecular complexity index is 489. The number of thiophene rings is 1. The van der Waals surface area contributed by atoms with Crippen LogP contribution < -0.4 is 5.73 Å². The van der Waals surface area contributed by atoms with Gasteiger partial charge in [-0.15, -0.1) is 11.3 Å². The second-order valence-electron chi connectivity index (χ2n) is 3.93. The van der Waals surface area contributed by atoms with Gasteiger partial charge in [0, 0.05) is 5.92 Å². The molecule has 0 aliphatic rings. The van der Waals surface area contributed by atoms with Gasteiger partial charge in [0.1, 0.15) is 4.88 Å². The zero-order valence-corrected chi connectivity index (χ0v) is 10.5. The van der Waals surface area contributed by atoms with E-state index in [1.807, 2.05) is 12.3 Å². The molecule has 0 amide bonds. The molecule has 2 heterocycles. The number of hydrogen-bond acceptors (Lipinski definition) is 5. The van der Waals surface area contributed by atoms with E-state index in [4.69, 9.17) is 10.3 Å². The van der Waals surface area contributed by atoms with Crippen molar-refractivity contribution < 1.29 is 4.52 Å². The third kappa shape index (κ3) is 1.82. The lowest BCUT2D eigenvalue weighted by atomic mass is 10.1. The molecule has 0 saturated heterocycles. The molecule has 0 radical (unpaired) electrons. The predicted molar refractivity (Wildman–Crippen MR) is 65.5 cm³/mol. The predicted octanol–water partition coefficient (Wildman–Crippen LogP) is 3.20. The molecule has 1 unspecified atom stereocenters. The third-order valence-corrected chi connectivity index (χ3v) is 3.81. The van der Waals surface area contributed by atoms with E-state index < -0.39 is 0 Å². The van der Waals surface area contributed by atoms with E-state index in [-0.39, 0.29) is 0 Å². The molecule has 0 aromatic carbocycles. The molecule has 0 aliphatic carbocycles. The number of aromatic nitrogens is 2. The van der Waals surface area contributed by atoms with Crippen molar-refractivity contribution in [2.75, 3.05) is 5.73 Å². The first-order valence-electron chi connectivity index (χ1n) is 5.31. The van der Waals surface area contributed by atoms with Crippen molar-refractivity contribution >= 4 is 17.0 Å². The average Bonchev–Trinajstić information content (AvgIpc) is 2.87. The van der Waals surface area contributed by atoms with Crippen molar-refractivity contribution in [3.63, 3.8) is 0 Å². The summed E-state index contributed by atoms with van der Waals surface area (Å²) in [6, 6.07) is 0. The molecule has 86 valence electrons. The summed E-state index contributed by atoms with van der Waals surface area (Å²) in [5.41, 5.74) is 7.73. The molecular formula is C11H15N3OS. The van der Waals surface area contributed by atoms with Gasteiger partial charge in [-0.3, -0.25) is 0 Å². The summed E-state index contributed by atoms with van der Waals surface area (Å²) in [6.07, 6.45) is 0.998. The van der Waals surface area contributed by atoms with Crippen LogP contribution in [0.15, 0.2) is 9.90 Å². The van der Waals surface area contributed by atoms with E-state index >= 15 is 0 Å². The molecule has 2 rings (SSSR count). The summed E-state index contributed by atoms with van der Waals surface area (Å²) >= 11 is 1.54. The minimum Gasteiger partial charge on any atom is -0.397 e. The fourth-order valence-corrected chi connectivity index (χ4v) is 2.22. The number of anilines is 1. The highest BCUT2D eigenvalue weighted by Crippen LogP contribution is 2.34. The van der Waals surface area contributed by atoms with Gasteiger partial charge in [0.05, 0.1) is 5.69 Å². The number of nitrogens with two attached hydrogens (primary N) is 1. The lowest BCUT2D eigenvalue weighted by molar-refractivity contribution is 0.417. The van der Waals surface area contributed by atoms with Crippen LogP contribution in [0.3, 0.4) is 0 Å². The highest BCUT2D eigenvalue weighted by molar-refractivity contribution is 7.14. The Labute approximate surface area is 98.5 Å². The zero-order valence-electron chi connectivity index (χ0n) is 9.65. The zero-order chi connectivity index (χ0) is 11.7. The molecule has 0 saturated carbocycles. The van der Waals surface area contributed by atoms with Crippen molar-refractivity contribution in [1.29, 1.82) is 0 Å². The summed E-state index contributed by atoms with van der Waals surface area (Å²) in [7, 11) is 0. The molecule has 5 heteroatoms. The van der Waals surface area contributed by atoms with Gasteiger partial charge in [-0.2, -0.15) is 4.98 Å². The fraction of sp³-hybridized carbons (Fsp3) is 0.455. The second-order valence-corrected chi connectivity index (χ2v) is 4.81. The van der Waals surface area contributed by atoms with Crippen LogP contribution >= 0.6 is 11.3 Å². The largest absolute Gasteiger partial charge is 0.397 e. The molecular weight excluding hydrogens is 222 g/mol. The van der Waals surface area contributed by atoms with Crippen LogP contribution in [0.4, 0.5) is 5.69 Å². The summed E-state index contributed by atoms with van der Waals surface area (Å²) in [4.78, 5) is 5.25. The summed E-state index contributed by atoms with van der Waals surface area (Å²) < 4.78 is 5.24. The smallest absolute Gasteiger partial charge is 0.270 e. The van der Waals surface area contributed by atoms with Crippen LogP contribution in [-0.2, 0) is 0 Å². The Kier molecular flexibility index (Phi) is 2.96. The van der Waals surface area contributed by atoms with Crippen molar-refractivity contribution in [3.8, 4) is 10.8 Å². The Morgan fingerprint density at radius 1 is 1.56 bits per heavy atom. The maximum absolute atomic E-state index is 5.94. The molecule has 0 fully saturated rings. The van der Waals surface area contributed by atoms with Gasteiger partial charge in [0.25, 0.3) is 5.89 Å². The molecule has 2 aromatic heterocycles. The average molecular weight is 237 g/mol. The maximum atomic E-state index is 5.94. The van der Waals surface area contributed by atoms with Gasteiger partial charge in [0.15, 0.2) is 5.82 Å². The van der Waals surface area contributed by atoms with Gasteiger partial charge in [-0.05, 0) is 24.3 Å². The van der Waals surface area contributed by atoms with E-state index in [9.17, 15) is 0 Å². The molecule has 0 aliphatic heterocycles. The molecule has 0 bridgehead atoms. The number of rotatable bonds is 3. The molecule has 4 nitrogen and oxygen atoms in total. The lowest BCUT2D eigenvalue weighted by Crippen LogP contribution is -1.93. The molecule has 2 aromatic rings. The monoisotopic (exact) mass is 237 g/mol. The van der Waals surface area contributed by atoms with Crippen molar-refractivity contribution in [3.05, 3.63) is 16.8 Å². The van der Waals surface area contributed by atoms with Crippen LogP contribution in [0, 0.1) is 6.92 Å². The van der Waals surface area contributed by atoms with Crippen molar-refractivity contribution in [2.24, 2.45) is 0 Å². The van der Waals surface area contributed by atoms with Gasteiger partial charge >= 0.3 is 0 Å². The fourth-order valence-electron chi connectivity index (χ4n) is 1.33. The Balaban J connectivity index is 2.35. The number of nitrogens with zero attached hydrogens (tertiary/aromatic N) is 2. The van der Waals surface area contributed by atoms with E-state index in [1.54, 1.807) is 11.3 Å². The van der Waals surface area contributed by atoms with Crippen LogP contribution in [0.1, 0.15) is 37.6 Å². The highest BCUT2D eigenvalue weighted by Gasteiger charge is 2.17. The summed E-state index contributed by atoms with van der Waals surface area (Å²) in [6.45, 7) is 6.16. The van der Waals surface area contributed by atoms with Crippen LogP contribution in [-0.4, -0.2) is 10.1 Å². The van der Waals surface area contributed by atoms with Gasteiger partial charge < -0.3 is 10.3 Å².